The number of nitrogens with zero attached hydrogens (tertiary/aromatic N) is 18. The Labute approximate surface area is 726 Å². The van der Waals surface area contributed by atoms with Gasteiger partial charge in [0.2, 0.25) is 0 Å². The van der Waals surface area contributed by atoms with Gasteiger partial charge in [0.25, 0.3) is 0 Å². The van der Waals surface area contributed by atoms with Gasteiger partial charge in [0.15, 0.2) is 0 Å². The molecule has 24 nitrogen and oxygen atoms in total. The quantitative estimate of drug-likeness (QED) is 0.0314. The van der Waals surface area contributed by atoms with Gasteiger partial charge in [0, 0.05) is 222 Å². The Morgan fingerprint density at radius 1 is 0.412 bits per heavy atom. The van der Waals surface area contributed by atoms with Crippen LogP contribution in [0.1, 0.15) is 102 Å². The Balaban J connectivity index is 0.000000245. The average Bonchev–Trinajstić information content (AvgIpc) is 1.28. The Bertz CT molecular complexity index is 4740. The normalized spacial score (nSPS) is 14.5. The third kappa shape index (κ3) is 35.8. The van der Waals surface area contributed by atoms with Crippen LogP contribution in [0.15, 0.2) is 232 Å². The highest BCUT2D eigenvalue weighted by Gasteiger charge is 2.19. The van der Waals surface area contributed by atoms with Crippen LogP contribution in [0.25, 0.3) is 20.9 Å². The maximum Gasteiger partial charge on any atom is 0.0983 e. The number of hydrogen-bond acceptors (Lipinski definition) is 14. The molecule has 0 aliphatic carbocycles. The van der Waals surface area contributed by atoms with Gasteiger partial charge in [0.1, 0.15) is 0 Å². The molecule has 6 aromatic heterocycles. The van der Waals surface area contributed by atoms with E-state index >= 15 is 0 Å². The monoisotopic (exact) mass is 1800 g/mol. The second-order valence-electron chi connectivity index (χ2n) is 23.4. The molecule has 38 heteroatoms. The van der Waals surface area contributed by atoms with Gasteiger partial charge >= 0.3 is 0 Å². The topological polar surface area (TPSA) is 315 Å². The van der Waals surface area contributed by atoms with Crippen LogP contribution >= 0.6 is 139 Å². The smallest absolute Gasteiger partial charge is 0.0983 e. The van der Waals surface area contributed by atoms with Crippen LogP contribution < -0.4 is 11.5 Å². The number of alkyl halides is 2. The zero-order valence-electron chi connectivity index (χ0n) is 65.5. The van der Waals surface area contributed by atoms with E-state index in [1.54, 1.807) is 209 Å². The van der Waals surface area contributed by atoms with Gasteiger partial charge in [-0.2, -0.15) is 0 Å². The summed E-state index contributed by atoms with van der Waals surface area (Å²) in [6.07, 6.45) is 32.7. The van der Waals surface area contributed by atoms with Gasteiger partial charge in [-0.15, -0.1) is 0 Å². The second kappa shape index (κ2) is 55.0. The number of aliphatic hydroxyl groups excluding tert-OH is 1. The summed E-state index contributed by atoms with van der Waals surface area (Å²) in [5, 5.41) is 33.1. The number of benzene rings is 6. The molecule has 0 saturated carbocycles. The van der Waals surface area contributed by atoms with Crippen LogP contribution in [-0.4, -0.2) is 108 Å². The van der Waals surface area contributed by atoms with E-state index < -0.39 is 44.6 Å². The third-order valence-corrected chi connectivity index (χ3v) is 18.7. The number of rotatable bonds is 20. The molecule has 608 valence electrons. The lowest BCUT2D eigenvalue weighted by atomic mass is 10.1. The van der Waals surface area contributed by atoms with Crippen molar-refractivity contribution in [3.05, 3.63) is 336 Å². The molecule has 6 atom stereocenters. The fourth-order valence-electron chi connectivity index (χ4n) is 9.91. The number of azide groups is 2. The summed E-state index contributed by atoms with van der Waals surface area (Å²) in [6.45, 7) is 5.97. The molecule has 6 aromatic carbocycles. The first-order valence-corrected chi connectivity index (χ1v) is 38.3. The highest BCUT2D eigenvalue weighted by atomic mass is 35.5. The van der Waals surface area contributed by atoms with E-state index in [-0.39, 0.29) is 35.7 Å². The minimum absolute atomic E-state index is 0.0500. The van der Waals surface area contributed by atoms with Crippen LogP contribution in [0, 0.1) is 0 Å². The predicted molar refractivity (Wildman–Crippen MR) is 454 cm³/mol. The number of aromatic nitrogens is 12. The van der Waals surface area contributed by atoms with Crippen molar-refractivity contribution >= 4 is 139 Å². The van der Waals surface area contributed by atoms with Gasteiger partial charge in [-0.1, -0.05) is 186 Å². The van der Waals surface area contributed by atoms with Crippen molar-refractivity contribution in [3.63, 3.8) is 0 Å². The van der Waals surface area contributed by atoms with Crippen molar-refractivity contribution < 1.29 is 35.3 Å². The van der Waals surface area contributed by atoms with E-state index in [2.05, 4.69) is 50.0 Å². The Kier molecular flexibility index (Phi) is 42.8. The maximum atomic E-state index is 10.1. The van der Waals surface area contributed by atoms with Crippen molar-refractivity contribution in [3.8, 4) is 0 Å². The molecule has 12 aromatic rings. The molecule has 2 saturated heterocycles. The SMILES string of the molecule is C1CCOC1.C1CCOC1.NC(Cn1ccnc1)c1ccc(Cl)cc1Cl.OC(Cn1ccnc1)c1ccc(Cl)cc1Cl.[2H]C(Cn1ccnc1)(N=[N+]=[N-])c1ccc(Cl)cc1Cl.[2H]C(N)(Cn1ccnc1)c1ccc(Cl)cc1Cl.[2H]C(O)(Cn1ccnc1)c1ccc(Cl)cc1Cl.[2H]CF.[2H]CF.[N-]=[N+]=NC(Cn1ccnc1)c1ccc(Cl)cc1Cl. The summed E-state index contributed by atoms with van der Waals surface area (Å²) in [5.74, 6) is 0. The highest BCUT2D eigenvalue weighted by Crippen LogP contribution is 2.34. The van der Waals surface area contributed by atoms with E-state index in [4.69, 9.17) is 178 Å². The third-order valence-electron chi connectivity index (χ3n) is 15.3. The van der Waals surface area contributed by atoms with Crippen LogP contribution in [0.3, 0.4) is 0 Å². The average molecular weight is 1810 g/mol. The van der Waals surface area contributed by atoms with Gasteiger partial charge in [-0.05, 0) is 132 Å². The van der Waals surface area contributed by atoms with Crippen molar-refractivity contribution in [2.24, 2.45) is 21.7 Å². The molecule has 0 amide bonds. The molecule has 6 unspecified atom stereocenters. The molecule has 114 heavy (non-hydrogen) atoms. The summed E-state index contributed by atoms with van der Waals surface area (Å²) in [4.78, 5) is 29.0. The van der Waals surface area contributed by atoms with Crippen molar-refractivity contribution in [2.45, 2.75) is 101 Å². The van der Waals surface area contributed by atoms with Gasteiger partial charge < -0.3 is 58.6 Å². The molecular weight excluding hydrogens is 1720 g/mol. The fourth-order valence-corrected chi connectivity index (χ4v) is 13.1. The van der Waals surface area contributed by atoms with E-state index in [0.717, 1.165) is 37.6 Å². The van der Waals surface area contributed by atoms with E-state index in [1.165, 1.54) is 44.1 Å². The second-order valence-corrected chi connectivity index (χ2v) is 28.5. The standard InChI is InChI=1S/2C11H9Cl2N5.2C11H11Cl2N3.2C11H10Cl2N2O.2C4H8O.2CH3F/c2*12-8-1-2-9(10(13)5-8)11(16-17-14)6-18-4-3-15-7-18;2*12-8-1-2-9(10(13)5-8)11(14)6-16-4-3-15-7-16;2*12-8-1-2-9(10(13)5-8)11(16)6-15-4-3-14-7-15;2*1-2-4-5-3-1;2*1-2/h2*1-5,7,11H,6H2;2*1-5,7,11H,6,14H2;2*1-5,7,11,16H,6H2;2*1-4H2;2*1H3/i11D;;11D;;11D;;;;2*1D. The van der Waals surface area contributed by atoms with E-state index in [0.29, 0.717) is 92.1 Å². The van der Waals surface area contributed by atoms with Crippen molar-refractivity contribution in [1.29, 1.82) is 0 Å². The number of imidazole rings is 6. The molecule has 2 aliphatic rings. The van der Waals surface area contributed by atoms with Gasteiger partial charge in [-0.3, -0.25) is 8.78 Å². The van der Waals surface area contributed by atoms with Crippen LogP contribution in [-0.2, 0) is 48.7 Å². The first kappa shape index (κ1) is 88.7. The Morgan fingerprint density at radius 2 is 0.711 bits per heavy atom. The molecule has 6 N–H and O–H groups in total. The minimum atomic E-state index is -1.82. The zero-order chi connectivity index (χ0) is 87.3. The summed E-state index contributed by atoms with van der Waals surface area (Å²) in [5.41, 5.74) is 32.9. The first-order valence-electron chi connectivity index (χ1n) is 36.7. The molecule has 2 fully saturated rings. The molecular formula is C76H82Cl12F2N20O4. The van der Waals surface area contributed by atoms with Crippen LogP contribution in [0.4, 0.5) is 8.78 Å². The maximum absolute atomic E-state index is 10.1. The number of ether oxygens (including phenoxy) is 2. The zero-order valence-corrected chi connectivity index (χ0v) is 69.6. The number of hydrogen-bond donors (Lipinski definition) is 4. The Morgan fingerprint density at radius 3 is 1.04 bits per heavy atom. The summed E-state index contributed by atoms with van der Waals surface area (Å²) < 4.78 is 75.8. The fraction of sp³-hybridized carbons (Fsp3) is 0.289. The molecule has 0 spiro atoms. The first-order chi connectivity index (χ1) is 56.9. The van der Waals surface area contributed by atoms with Gasteiger partial charge in [-0.25, -0.2) is 29.9 Å². The lowest BCUT2D eigenvalue weighted by Crippen LogP contribution is -2.17. The highest BCUT2D eigenvalue weighted by molar-refractivity contribution is 6.38. The Hall–Kier alpha value is -7.70. The lowest BCUT2D eigenvalue weighted by molar-refractivity contribution is 0.156. The van der Waals surface area contributed by atoms with Crippen LogP contribution in [0.2, 0.25) is 60.3 Å². The molecule has 0 radical (unpaired) electrons. The molecule has 0 bridgehead atoms. The van der Waals surface area contributed by atoms with Crippen molar-refractivity contribution in [1.82, 2.24) is 57.3 Å². The number of aliphatic hydroxyl groups is 2. The van der Waals surface area contributed by atoms with E-state index in [9.17, 15) is 19.0 Å². The molecule has 8 heterocycles. The summed E-state index contributed by atoms with van der Waals surface area (Å²) >= 11 is 71.1. The molecule has 2 aliphatic heterocycles. The summed E-state index contributed by atoms with van der Waals surface area (Å²) in [6, 6.07) is 26.4. The van der Waals surface area contributed by atoms with Gasteiger partial charge in [0.05, 0.1) is 95.1 Å². The van der Waals surface area contributed by atoms with Crippen LogP contribution in [0.5, 0.6) is 0 Å². The molecule has 14 rings (SSSR count). The minimum Gasteiger partial charge on any atom is -0.386 e. The lowest BCUT2D eigenvalue weighted by Gasteiger charge is -2.14. The number of halogens is 14. The number of nitrogens with two attached hydrogens (primary N) is 2. The predicted octanol–water partition coefficient (Wildman–Crippen LogP) is 22.9. The summed E-state index contributed by atoms with van der Waals surface area (Å²) in [7, 11) is -2.00. The van der Waals surface area contributed by atoms with E-state index in [1.807, 2.05) is 21.4 Å². The largest absolute Gasteiger partial charge is 0.386 e. The van der Waals surface area contributed by atoms with Crippen molar-refractivity contribution in [2.75, 3.05) is 40.7 Å².